The number of benzene rings is 2. The van der Waals surface area contributed by atoms with E-state index in [0.29, 0.717) is 12.1 Å². The van der Waals surface area contributed by atoms with Gasteiger partial charge in [-0.1, -0.05) is 38.1 Å². The third kappa shape index (κ3) is 7.03. The normalized spacial score (nSPS) is 11.5. The topological polar surface area (TPSA) is 81.4 Å². The van der Waals surface area contributed by atoms with Crippen molar-refractivity contribution in [1.82, 2.24) is 4.72 Å². The van der Waals surface area contributed by atoms with Gasteiger partial charge in [-0.15, -0.1) is 13.2 Å². The minimum absolute atomic E-state index is 0.0622. The monoisotopic (exact) mass is 390 g/mol. The fraction of sp³-hybridized carbons (Fsp3) is 0.294. The molecule has 0 aliphatic heterocycles. The number of sulfonamides is 1. The van der Waals surface area contributed by atoms with E-state index in [2.05, 4.69) is 9.46 Å². The third-order valence-corrected chi connectivity index (χ3v) is 4.51. The third-order valence-electron chi connectivity index (χ3n) is 3.09. The first-order valence-electron chi connectivity index (χ1n) is 7.83. The highest BCUT2D eigenvalue weighted by Gasteiger charge is 2.30. The van der Waals surface area contributed by atoms with Crippen molar-refractivity contribution in [2.24, 2.45) is 5.73 Å². The molecule has 0 aliphatic rings. The van der Waals surface area contributed by atoms with Crippen LogP contribution in [0.4, 0.5) is 13.2 Å². The number of nitrogens with one attached hydrogen (secondary N) is 1. The van der Waals surface area contributed by atoms with Gasteiger partial charge < -0.3 is 10.5 Å². The molecule has 0 heterocycles. The molecule has 0 spiro atoms. The van der Waals surface area contributed by atoms with E-state index >= 15 is 0 Å². The molecule has 2 aromatic rings. The Morgan fingerprint density at radius 1 is 0.962 bits per heavy atom. The lowest BCUT2D eigenvalue weighted by atomic mass is 10.2. The van der Waals surface area contributed by atoms with E-state index < -0.39 is 16.4 Å². The zero-order chi connectivity index (χ0) is 19.8. The number of hydrogen-bond donors (Lipinski definition) is 2. The first kappa shape index (κ1) is 21.9. The van der Waals surface area contributed by atoms with Gasteiger partial charge in [0, 0.05) is 13.1 Å². The highest BCUT2D eigenvalue weighted by molar-refractivity contribution is 7.89. The number of alkyl halides is 3. The Hall–Kier alpha value is -2.10. The summed E-state index contributed by atoms with van der Waals surface area (Å²) < 4.78 is 66.6. The van der Waals surface area contributed by atoms with E-state index in [9.17, 15) is 21.6 Å². The zero-order valence-electron chi connectivity index (χ0n) is 14.4. The Kier molecular flexibility index (Phi) is 8.07. The predicted molar refractivity (Wildman–Crippen MR) is 92.8 cm³/mol. The second-order valence-electron chi connectivity index (χ2n) is 4.86. The Bertz CT molecular complexity index is 774. The van der Waals surface area contributed by atoms with E-state index in [0.717, 1.165) is 17.7 Å². The number of nitrogens with two attached hydrogens (primary N) is 1. The van der Waals surface area contributed by atoms with Gasteiger partial charge in [-0.25, -0.2) is 13.1 Å². The van der Waals surface area contributed by atoms with Crippen molar-refractivity contribution in [3.8, 4) is 5.75 Å². The highest BCUT2D eigenvalue weighted by Crippen LogP contribution is 2.22. The maximum atomic E-state index is 12.1. The minimum atomic E-state index is -4.77. The molecule has 144 valence electrons. The summed E-state index contributed by atoms with van der Waals surface area (Å²) in [5, 5.41) is 0. The number of ether oxygens (including phenoxy) is 1. The van der Waals surface area contributed by atoms with Gasteiger partial charge in [-0.05, 0) is 35.4 Å². The molecule has 9 heteroatoms. The molecule has 0 fully saturated rings. The second kappa shape index (κ2) is 9.56. The van der Waals surface area contributed by atoms with Crippen molar-refractivity contribution in [1.29, 1.82) is 0 Å². The van der Waals surface area contributed by atoms with E-state index in [-0.39, 0.29) is 17.2 Å². The molecule has 0 atom stereocenters. The quantitative estimate of drug-likeness (QED) is 0.790. The molecule has 5 nitrogen and oxygen atoms in total. The molecule has 3 N–H and O–H groups in total. The molecule has 2 rings (SSSR count). The van der Waals surface area contributed by atoms with Crippen LogP contribution in [-0.4, -0.2) is 14.8 Å². The summed E-state index contributed by atoms with van der Waals surface area (Å²) in [6.45, 7) is 4.24. The summed E-state index contributed by atoms with van der Waals surface area (Å²) >= 11 is 0. The Morgan fingerprint density at radius 3 is 1.92 bits per heavy atom. The molecular weight excluding hydrogens is 369 g/mol. The Balaban J connectivity index is 0.00000163. The molecule has 26 heavy (non-hydrogen) atoms. The molecule has 0 aliphatic carbocycles. The predicted octanol–water partition coefficient (Wildman–Crippen LogP) is 3.55. The van der Waals surface area contributed by atoms with Gasteiger partial charge in [-0.2, -0.15) is 0 Å². The van der Waals surface area contributed by atoms with Crippen LogP contribution in [0, 0.1) is 0 Å². The van der Waals surface area contributed by atoms with Crippen molar-refractivity contribution in [3.05, 3.63) is 59.7 Å². The van der Waals surface area contributed by atoms with Crippen LogP contribution < -0.4 is 15.2 Å². The summed E-state index contributed by atoms with van der Waals surface area (Å²) in [6.07, 6.45) is -4.77. The fourth-order valence-corrected chi connectivity index (χ4v) is 2.89. The zero-order valence-corrected chi connectivity index (χ0v) is 15.2. The van der Waals surface area contributed by atoms with Gasteiger partial charge in [0.05, 0.1) is 4.90 Å². The summed E-state index contributed by atoms with van der Waals surface area (Å²) in [6, 6.07) is 11.0. The SMILES string of the molecule is CC.NCc1ccc(S(=O)(=O)NCc2ccc(OC(F)(F)F)cc2)cc1. The average Bonchev–Trinajstić information content (AvgIpc) is 2.62. The van der Waals surface area contributed by atoms with E-state index in [4.69, 9.17) is 5.73 Å². The van der Waals surface area contributed by atoms with Crippen molar-refractivity contribution < 1.29 is 26.3 Å². The Labute approximate surface area is 151 Å². The molecule has 0 bridgehead atoms. The molecule has 0 saturated heterocycles. The van der Waals surface area contributed by atoms with E-state index in [1.54, 1.807) is 12.1 Å². The lowest BCUT2D eigenvalue weighted by Crippen LogP contribution is -2.23. The minimum Gasteiger partial charge on any atom is -0.406 e. The lowest BCUT2D eigenvalue weighted by Gasteiger charge is -2.10. The average molecular weight is 390 g/mol. The van der Waals surface area contributed by atoms with Gasteiger partial charge in [0.15, 0.2) is 0 Å². The van der Waals surface area contributed by atoms with Crippen LogP contribution in [0.15, 0.2) is 53.4 Å². The van der Waals surface area contributed by atoms with Gasteiger partial charge in [-0.3, -0.25) is 0 Å². The van der Waals surface area contributed by atoms with Gasteiger partial charge in [0.1, 0.15) is 5.75 Å². The molecule has 0 aromatic heterocycles. The van der Waals surface area contributed by atoms with Crippen molar-refractivity contribution in [2.45, 2.75) is 38.2 Å². The van der Waals surface area contributed by atoms with E-state index in [1.807, 2.05) is 13.8 Å². The molecular formula is C17H21F3N2O3S. The van der Waals surface area contributed by atoms with Crippen LogP contribution in [-0.2, 0) is 23.1 Å². The van der Waals surface area contributed by atoms with Gasteiger partial charge in [0.2, 0.25) is 10.0 Å². The van der Waals surface area contributed by atoms with E-state index in [1.165, 1.54) is 24.3 Å². The largest absolute Gasteiger partial charge is 0.573 e. The van der Waals surface area contributed by atoms with Crippen molar-refractivity contribution >= 4 is 10.0 Å². The van der Waals surface area contributed by atoms with Crippen molar-refractivity contribution in [2.75, 3.05) is 0 Å². The summed E-state index contributed by atoms with van der Waals surface area (Å²) in [4.78, 5) is 0.0803. The number of rotatable bonds is 6. The maximum absolute atomic E-state index is 12.1. The first-order valence-corrected chi connectivity index (χ1v) is 9.31. The molecule has 0 amide bonds. The number of halogens is 3. The van der Waals surface area contributed by atoms with Gasteiger partial charge in [0.25, 0.3) is 0 Å². The maximum Gasteiger partial charge on any atom is 0.573 e. The second-order valence-corrected chi connectivity index (χ2v) is 6.63. The van der Waals surface area contributed by atoms with Crippen LogP contribution in [0.2, 0.25) is 0 Å². The smallest absolute Gasteiger partial charge is 0.406 e. The Morgan fingerprint density at radius 2 is 1.46 bits per heavy atom. The van der Waals surface area contributed by atoms with Crippen LogP contribution in [0.5, 0.6) is 5.75 Å². The molecule has 0 radical (unpaired) electrons. The molecule has 0 unspecified atom stereocenters. The summed E-state index contributed by atoms with van der Waals surface area (Å²) in [7, 11) is -3.72. The molecule has 0 saturated carbocycles. The standard InChI is InChI=1S/C15H15F3N2O3S.C2H6/c16-15(17,18)23-13-5-1-12(2-6-13)10-20-24(21,22)14-7-3-11(9-19)4-8-14;1-2/h1-8,20H,9-10,19H2;1-2H3. The fourth-order valence-electron chi connectivity index (χ4n) is 1.88. The lowest BCUT2D eigenvalue weighted by molar-refractivity contribution is -0.274. The van der Waals surface area contributed by atoms with Crippen LogP contribution in [0.3, 0.4) is 0 Å². The summed E-state index contributed by atoms with van der Waals surface area (Å²) in [5.41, 5.74) is 6.74. The molecule has 2 aromatic carbocycles. The van der Waals surface area contributed by atoms with Crippen LogP contribution in [0.25, 0.3) is 0 Å². The van der Waals surface area contributed by atoms with Crippen LogP contribution in [0.1, 0.15) is 25.0 Å². The van der Waals surface area contributed by atoms with Gasteiger partial charge >= 0.3 is 6.36 Å². The highest BCUT2D eigenvalue weighted by atomic mass is 32.2. The summed E-state index contributed by atoms with van der Waals surface area (Å²) in [5.74, 6) is -0.369. The first-order chi connectivity index (χ1) is 12.2. The number of hydrogen-bond acceptors (Lipinski definition) is 4. The van der Waals surface area contributed by atoms with Crippen LogP contribution >= 0.6 is 0 Å². The van der Waals surface area contributed by atoms with Crippen molar-refractivity contribution in [3.63, 3.8) is 0 Å².